The zero-order chi connectivity index (χ0) is 14.2. The number of ether oxygens (including phenoxy) is 2. The largest absolute Gasteiger partial charge is 0.353 e. The predicted molar refractivity (Wildman–Crippen MR) is 81.9 cm³/mol. The van der Waals surface area contributed by atoms with Crippen molar-refractivity contribution < 1.29 is 9.47 Å². The molecular weight excluding hydrogens is 252 g/mol. The van der Waals surface area contributed by atoms with Gasteiger partial charge in [-0.05, 0) is 52.7 Å². The van der Waals surface area contributed by atoms with E-state index in [-0.39, 0.29) is 6.29 Å². The lowest BCUT2D eigenvalue weighted by Crippen LogP contribution is -2.41. The molecule has 0 spiro atoms. The second-order valence-corrected chi connectivity index (χ2v) is 5.97. The summed E-state index contributed by atoms with van der Waals surface area (Å²) in [5, 5.41) is 0. The van der Waals surface area contributed by atoms with Gasteiger partial charge in [-0.3, -0.25) is 4.90 Å². The summed E-state index contributed by atoms with van der Waals surface area (Å²) in [7, 11) is 0. The van der Waals surface area contributed by atoms with Gasteiger partial charge in [0.15, 0.2) is 6.29 Å². The predicted octanol–water partition coefficient (Wildman–Crippen LogP) is 2.34. The highest BCUT2D eigenvalue weighted by Gasteiger charge is 2.28. The molecule has 0 aromatic rings. The van der Waals surface area contributed by atoms with Crippen molar-refractivity contribution in [1.82, 2.24) is 9.80 Å². The van der Waals surface area contributed by atoms with E-state index in [1.165, 1.54) is 51.9 Å². The summed E-state index contributed by atoms with van der Waals surface area (Å²) >= 11 is 0. The Hall–Kier alpha value is -0.160. The molecule has 20 heavy (non-hydrogen) atoms. The lowest BCUT2D eigenvalue weighted by Gasteiger charge is -2.32. The molecule has 118 valence electrons. The number of hydrogen-bond donors (Lipinski definition) is 0. The van der Waals surface area contributed by atoms with E-state index in [4.69, 9.17) is 9.47 Å². The van der Waals surface area contributed by atoms with Crippen LogP contribution in [-0.4, -0.2) is 68.1 Å². The summed E-state index contributed by atoms with van der Waals surface area (Å²) in [6.45, 7) is 11.8. The van der Waals surface area contributed by atoms with Gasteiger partial charge >= 0.3 is 0 Å². The first-order valence-corrected chi connectivity index (χ1v) is 8.53. The molecule has 0 aliphatic carbocycles. The van der Waals surface area contributed by atoms with Crippen LogP contribution in [0.3, 0.4) is 0 Å². The van der Waals surface area contributed by atoms with Crippen molar-refractivity contribution in [3.8, 4) is 0 Å². The first-order chi connectivity index (χ1) is 9.83. The van der Waals surface area contributed by atoms with Crippen LogP contribution in [-0.2, 0) is 9.47 Å². The normalized spacial score (nSPS) is 25.6. The lowest BCUT2D eigenvalue weighted by molar-refractivity contribution is -0.141. The Morgan fingerprint density at radius 2 is 1.70 bits per heavy atom. The Bertz CT molecular complexity index is 251. The topological polar surface area (TPSA) is 24.9 Å². The first-order valence-electron chi connectivity index (χ1n) is 8.53. The third-order valence-electron chi connectivity index (χ3n) is 4.54. The summed E-state index contributed by atoms with van der Waals surface area (Å²) in [5.74, 6) is 0. The number of nitrogens with zero attached hydrogens (tertiary/aromatic N) is 2. The second-order valence-electron chi connectivity index (χ2n) is 5.97. The van der Waals surface area contributed by atoms with Gasteiger partial charge in [-0.2, -0.15) is 0 Å². The number of hydrogen-bond acceptors (Lipinski definition) is 4. The van der Waals surface area contributed by atoms with Gasteiger partial charge in [0.2, 0.25) is 0 Å². The minimum Gasteiger partial charge on any atom is -0.353 e. The maximum atomic E-state index is 5.63. The molecule has 2 saturated heterocycles. The van der Waals surface area contributed by atoms with Crippen LogP contribution in [0.2, 0.25) is 0 Å². The van der Waals surface area contributed by atoms with Crippen LogP contribution in [0.4, 0.5) is 0 Å². The van der Waals surface area contributed by atoms with Crippen LogP contribution in [0.15, 0.2) is 0 Å². The van der Waals surface area contributed by atoms with Crippen LogP contribution in [0.5, 0.6) is 0 Å². The molecule has 4 heteroatoms. The molecule has 0 bridgehead atoms. The van der Waals surface area contributed by atoms with Crippen LogP contribution in [0.25, 0.3) is 0 Å². The van der Waals surface area contributed by atoms with E-state index >= 15 is 0 Å². The molecule has 2 fully saturated rings. The minimum absolute atomic E-state index is 0.0148. The van der Waals surface area contributed by atoms with Crippen molar-refractivity contribution in [3.63, 3.8) is 0 Å². The number of rotatable bonds is 8. The van der Waals surface area contributed by atoms with Crippen LogP contribution in [0, 0.1) is 0 Å². The van der Waals surface area contributed by atoms with Gasteiger partial charge in [0.25, 0.3) is 0 Å². The molecule has 2 rings (SSSR count). The average molecular weight is 284 g/mol. The average Bonchev–Trinajstić information content (AvgIpc) is 2.95. The molecular formula is C16H32N2O2. The van der Waals surface area contributed by atoms with Crippen LogP contribution in [0.1, 0.15) is 46.0 Å². The lowest BCUT2D eigenvalue weighted by atomic mass is 10.1. The van der Waals surface area contributed by atoms with Gasteiger partial charge in [0.1, 0.15) is 0 Å². The molecule has 0 radical (unpaired) electrons. The SMILES string of the molecule is CCOC(CCN1CCC(N2CCCCC2)C1)OCC. The summed E-state index contributed by atoms with van der Waals surface area (Å²) in [4.78, 5) is 5.30. The van der Waals surface area contributed by atoms with Crippen molar-refractivity contribution in [2.24, 2.45) is 0 Å². The first kappa shape index (κ1) is 16.2. The fourth-order valence-electron chi connectivity index (χ4n) is 3.47. The Morgan fingerprint density at radius 3 is 2.35 bits per heavy atom. The zero-order valence-corrected chi connectivity index (χ0v) is 13.4. The quantitative estimate of drug-likeness (QED) is 0.639. The molecule has 0 aromatic heterocycles. The molecule has 2 aliphatic heterocycles. The monoisotopic (exact) mass is 284 g/mol. The fraction of sp³-hybridized carbons (Fsp3) is 1.00. The van der Waals surface area contributed by atoms with Gasteiger partial charge in [0.05, 0.1) is 0 Å². The Balaban J connectivity index is 1.67. The highest BCUT2D eigenvalue weighted by Crippen LogP contribution is 2.20. The van der Waals surface area contributed by atoms with E-state index in [1.54, 1.807) is 0 Å². The summed E-state index contributed by atoms with van der Waals surface area (Å²) in [5.41, 5.74) is 0. The van der Waals surface area contributed by atoms with Gasteiger partial charge < -0.3 is 14.4 Å². The minimum atomic E-state index is -0.0148. The van der Waals surface area contributed by atoms with Crippen molar-refractivity contribution in [2.75, 3.05) is 45.9 Å². The van der Waals surface area contributed by atoms with Crippen LogP contribution >= 0.6 is 0 Å². The van der Waals surface area contributed by atoms with Gasteiger partial charge in [-0.1, -0.05) is 6.42 Å². The molecule has 0 saturated carbocycles. The Morgan fingerprint density at radius 1 is 1.00 bits per heavy atom. The number of piperidine rings is 1. The Labute approximate surface area is 124 Å². The van der Waals surface area contributed by atoms with Crippen molar-refractivity contribution in [2.45, 2.75) is 58.3 Å². The summed E-state index contributed by atoms with van der Waals surface area (Å²) in [6, 6.07) is 0.799. The fourth-order valence-corrected chi connectivity index (χ4v) is 3.47. The highest BCUT2D eigenvalue weighted by molar-refractivity contribution is 4.84. The van der Waals surface area contributed by atoms with Crippen molar-refractivity contribution >= 4 is 0 Å². The molecule has 2 heterocycles. The molecule has 1 atom stereocenters. The van der Waals surface area contributed by atoms with E-state index in [9.17, 15) is 0 Å². The number of likely N-dealkylation sites (tertiary alicyclic amines) is 2. The summed E-state index contributed by atoms with van der Waals surface area (Å²) < 4.78 is 11.3. The third kappa shape index (κ3) is 4.99. The molecule has 0 N–H and O–H groups in total. The molecule has 0 amide bonds. The highest BCUT2D eigenvalue weighted by atomic mass is 16.7. The van der Waals surface area contributed by atoms with E-state index in [0.29, 0.717) is 0 Å². The molecule has 4 nitrogen and oxygen atoms in total. The van der Waals surface area contributed by atoms with Crippen molar-refractivity contribution in [3.05, 3.63) is 0 Å². The smallest absolute Gasteiger partial charge is 0.158 e. The van der Waals surface area contributed by atoms with Gasteiger partial charge in [-0.15, -0.1) is 0 Å². The maximum Gasteiger partial charge on any atom is 0.158 e. The summed E-state index contributed by atoms with van der Waals surface area (Å²) in [6.07, 6.45) is 6.54. The van der Waals surface area contributed by atoms with E-state index in [1.807, 2.05) is 13.8 Å². The molecule has 0 aromatic carbocycles. The standard InChI is InChI=1S/C16H32N2O2/c1-3-19-16(20-4-2)9-13-17-12-8-15(14-17)18-10-6-5-7-11-18/h15-16H,3-14H2,1-2H3. The molecule has 2 aliphatic rings. The van der Waals surface area contributed by atoms with Crippen molar-refractivity contribution in [1.29, 1.82) is 0 Å². The molecule has 1 unspecified atom stereocenters. The maximum absolute atomic E-state index is 5.63. The van der Waals surface area contributed by atoms with E-state index < -0.39 is 0 Å². The van der Waals surface area contributed by atoms with Gasteiger partial charge in [0, 0.05) is 38.8 Å². The van der Waals surface area contributed by atoms with Gasteiger partial charge in [-0.25, -0.2) is 0 Å². The van der Waals surface area contributed by atoms with E-state index in [0.717, 1.165) is 32.2 Å². The van der Waals surface area contributed by atoms with E-state index in [2.05, 4.69) is 9.80 Å². The Kier molecular flexibility index (Phi) is 7.28. The zero-order valence-electron chi connectivity index (χ0n) is 13.4. The van der Waals surface area contributed by atoms with Crippen LogP contribution < -0.4 is 0 Å². The third-order valence-corrected chi connectivity index (χ3v) is 4.54. The second kappa shape index (κ2) is 8.98.